The number of oxazole rings is 1. The van der Waals surface area contributed by atoms with Gasteiger partial charge in [0.2, 0.25) is 0 Å². The Morgan fingerprint density at radius 3 is 2.69 bits per heavy atom. The number of benzene rings is 2. The van der Waals surface area contributed by atoms with Crippen molar-refractivity contribution in [3.8, 4) is 0 Å². The maximum absolute atomic E-state index is 14.4. The van der Waals surface area contributed by atoms with Crippen LogP contribution in [0, 0.1) is 12.7 Å². The number of nitrogens with one attached hydrogen (secondary N) is 3. The lowest BCUT2D eigenvalue weighted by Gasteiger charge is -2.15. The summed E-state index contributed by atoms with van der Waals surface area (Å²) in [5.41, 5.74) is 3.14. The molecule has 0 aliphatic carbocycles. The third-order valence-corrected chi connectivity index (χ3v) is 5.76. The van der Waals surface area contributed by atoms with Crippen LogP contribution >= 0.6 is 0 Å². The number of aromatic nitrogens is 4. The third kappa shape index (κ3) is 4.45. The number of fused-ring (bicyclic) bond motifs is 2. The molecule has 0 fully saturated rings. The van der Waals surface area contributed by atoms with Crippen LogP contribution in [0.3, 0.4) is 0 Å². The van der Waals surface area contributed by atoms with Crippen molar-refractivity contribution in [1.82, 2.24) is 30.2 Å². The van der Waals surface area contributed by atoms with Gasteiger partial charge in [0.15, 0.2) is 17.0 Å². The van der Waals surface area contributed by atoms with Gasteiger partial charge in [-0.1, -0.05) is 35.9 Å². The van der Waals surface area contributed by atoms with Crippen LogP contribution in [0.5, 0.6) is 0 Å². The molecule has 0 radical (unpaired) electrons. The topological polar surface area (TPSA) is 134 Å². The summed E-state index contributed by atoms with van der Waals surface area (Å²) in [6.45, 7) is 3.89. The van der Waals surface area contributed by atoms with Crippen LogP contribution in [0.4, 0.5) is 4.39 Å². The molecule has 0 bridgehead atoms. The molecule has 0 saturated heterocycles. The number of H-pyrrole nitrogens is 1. The molecule has 3 aromatic heterocycles. The molecular weight excluding hydrogens is 467 g/mol. The molecule has 5 rings (SSSR count). The van der Waals surface area contributed by atoms with Gasteiger partial charge >= 0.3 is 5.76 Å². The van der Waals surface area contributed by atoms with Gasteiger partial charge in [0.05, 0.1) is 17.8 Å². The Morgan fingerprint density at radius 1 is 1.14 bits per heavy atom. The van der Waals surface area contributed by atoms with E-state index in [1.807, 2.05) is 38.1 Å². The van der Waals surface area contributed by atoms with Gasteiger partial charge in [-0.15, -0.1) is 0 Å². The zero-order valence-electron chi connectivity index (χ0n) is 19.3. The third-order valence-electron chi connectivity index (χ3n) is 5.76. The lowest BCUT2D eigenvalue weighted by atomic mass is 10.1. The van der Waals surface area contributed by atoms with Crippen molar-refractivity contribution in [3.63, 3.8) is 0 Å². The maximum Gasteiger partial charge on any atom is 0.417 e. The normalized spacial score (nSPS) is 12.1. The summed E-state index contributed by atoms with van der Waals surface area (Å²) in [6, 6.07) is 13.6. The number of aromatic amines is 1. The predicted molar refractivity (Wildman–Crippen MR) is 128 cm³/mol. The second kappa shape index (κ2) is 9.10. The first-order valence-electron chi connectivity index (χ1n) is 11.1. The van der Waals surface area contributed by atoms with Crippen molar-refractivity contribution < 1.29 is 18.4 Å². The van der Waals surface area contributed by atoms with Gasteiger partial charge in [-0.25, -0.2) is 18.7 Å². The highest BCUT2D eigenvalue weighted by molar-refractivity contribution is 5.98. The highest BCUT2D eigenvalue weighted by Crippen LogP contribution is 2.17. The monoisotopic (exact) mass is 488 g/mol. The summed E-state index contributed by atoms with van der Waals surface area (Å²) in [5, 5.41) is 9.45. The van der Waals surface area contributed by atoms with Gasteiger partial charge in [-0.2, -0.15) is 5.10 Å². The molecule has 0 aliphatic rings. The van der Waals surface area contributed by atoms with E-state index >= 15 is 0 Å². The van der Waals surface area contributed by atoms with Gasteiger partial charge in [0.25, 0.3) is 11.8 Å². The Kier molecular flexibility index (Phi) is 5.80. The number of nitrogens with zero attached hydrogens (tertiary/aromatic N) is 3. The summed E-state index contributed by atoms with van der Waals surface area (Å²) < 4.78 is 20.4. The number of carbonyl (C=O) groups excluding carboxylic acids is 2. The second-order valence-corrected chi connectivity index (χ2v) is 8.39. The smallest absolute Gasteiger partial charge is 0.408 e. The summed E-state index contributed by atoms with van der Waals surface area (Å²) in [4.78, 5) is 43.9. The summed E-state index contributed by atoms with van der Waals surface area (Å²) in [6.07, 6.45) is 0.936. The number of hydrogen-bond donors (Lipinski definition) is 3. The van der Waals surface area contributed by atoms with Crippen LogP contribution in [0.2, 0.25) is 0 Å². The fourth-order valence-electron chi connectivity index (χ4n) is 3.81. The van der Waals surface area contributed by atoms with Crippen LogP contribution in [0.15, 0.2) is 63.9 Å². The Bertz CT molecular complexity index is 1670. The SMILES string of the molecule is Cc1ccc([C@H](C)NC(=O)c2cc(C(=O)NCc3ccc4oc(=O)[nH]c4c3)nc3c(F)cnn23)cc1. The first kappa shape index (κ1) is 23.0. The van der Waals surface area contributed by atoms with Crippen LogP contribution in [0.25, 0.3) is 16.7 Å². The lowest BCUT2D eigenvalue weighted by molar-refractivity contribution is 0.0932. The molecule has 0 unspecified atom stereocenters. The average molecular weight is 488 g/mol. The molecule has 11 heteroatoms. The molecule has 36 heavy (non-hydrogen) atoms. The van der Waals surface area contributed by atoms with Crippen molar-refractivity contribution in [1.29, 1.82) is 0 Å². The standard InChI is InChI=1S/C25H21FN6O4/c1-13-3-6-16(7-4-13)14(2)29-24(34)20-10-19(30-22-17(26)12-28-32(20)22)23(33)27-11-15-5-8-21-18(9-15)31-25(35)36-21/h3-10,12,14H,11H2,1-2H3,(H,27,33)(H,29,34)(H,31,35)/t14-/m0/s1. The number of hydrogen-bond acceptors (Lipinski definition) is 6. The van der Waals surface area contributed by atoms with E-state index in [1.165, 1.54) is 6.07 Å². The molecule has 3 heterocycles. The molecule has 0 saturated carbocycles. The molecule has 0 aliphatic heterocycles. The van der Waals surface area contributed by atoms with E-state index in [2.05, 4.69) is 25.7 Å². The highest BCUT2D eigenvalue weighted by Gasteiger charge is 2.21. The lowest BCUT2D eigenvalue weighted by Crippen LogP contribution is -2.30. The minimum atomic E-state index is -0.764. The van der Waals surface area contributed by atoms with Crippen LogP contribution < -0.4 is 16.4 Å². The van der Waals surface area contributed by atoms with E-state index in [1.54, 1.807) is 18.2 Å². The minimum absolute atomic E-state index is 0.0367. The van der Waals surface area contributed by atoms with Gasteiger partial charge in [0.1, 0.15) is 11.4 Å². The Balaban J connectivity index is 1.38. The van der Waals surface area contributed by atoms with E-state index in [-0.39, 0.29) is 29.6 Å². The number of carbonyl (C=O) groups is 2. The van der Waals surface area contributed by atoms with E-state index in [9.17, 15) is 18.8 Å². The number of halogens is 1. The number of amides is 2. The second-order valence-electron chi connectivity index (χ2n) is 8.39. The van der Waals surface area contributed by atoms with Crippen LogP contribution in [-0.4, -0.2) is 31.4 Å². The van der Waals surface area contributed by atoms with Crippen molar-refractivity contribution in [3.05, 3.63) is 99.2 Å². The van der Waals surface area contributed by atoms with E-state index < -0.39 is 23.4 Å². The first-order chi connectivity index (χ1) is 17.3. The Hall–Kier alpha value is -4.80. The first-order valence-corrected chi connectivity index (χ1v) is 11.1. The molecular formula is C25H21FN6O4. The molecule has 3 N–H and O–H groups in total. The number of rotatable bonds is 6. The van der Waals surface area contributed by atoms with E-state index in [4.69, 9.17) is 4.42 Å². The Labute approximate surface area is 203 Å². The zero-order chi connectivity index (χ0) is 25.4. The molecule has 1 atom stereocenters. The molecule has 2 aromatic carbocycles. The quantitative estimate of drug-likeness (QED) is 0.336. The van der Waals surface area contributed by atoms with Crippen molar-refractivity contribution >= 4 is 28.6 Å². The van der Waals surface area contributed by atoms with Crippen LogP contribution in [0.1, 0.15) is 50.6 Å². The summed E-state index contributed by atoms with van der Waals surface area (Å²) >= 11 is 0. The average Bonchev–Trinajstić information content (AvgIpc) is 3.43. The van der Waals surface area contributed by atoms with Crippen LogP contribution in [-0.2, 0) is 6.54 Å². The fraction of sp³-hybridized carbons (Fsp3) is 0.160. The largest absolute Gasteiger partial charge is 0.417 e. The van der Waals surface area contributed by atoms with Gasteiger partial charge in [0, 0.05) is 12.6 Å². The zero-order valence-corrected chi connectivity index (χ0v) is 19.3. The molecule has 182 valence electrons. The molecule has 5 aromatic rings. The van der Waals surface area contributed by atoms with Gasteiger partial charge in [-0.05, 0) is 37.1 Å². The highest BCUT2D eigenvalue weighted by atomic mass is 19.1. The van der Waals surface area contributed by atoms with Crippen molar-refractivity contribution in [2.24, 2.45) is 0 Å². The maximum atomic E-state index is 14.4. The van der Waals surface area contributed by atoms with Crippen molar-refractivity contribution in [2.45, 2.75) is 26.4 Å². The van der Waals surface area contributed by atoms with Gasteiger partial charge < -0.3 is 15.1 Å². The van der Waals surface area contributed by atoms with Crippen molar-refractivity contribution in [2.75, 3.05) is 0 Å². The van der Waals surface area contributed by atoms with Gasteiger partial charge in [-0.3, -0.25) is 14.6 Å². The molecule has 2 amide bonds. The molecule has 0 spiro atoms. The summed E-state index contributed by atoms with van der Waals surface area (Å²) in [7, 11) is 0. The Morgan fingerprint density at radius 2 is 1.92 bits per heavy atom. The molecule has 10 nitrogen and oxygen atoms in total. The fourth-order valence-corrected chi connectivity index (χ4v) is 3.81. The summed E-state index contributed by atoms with van der Waals surface area (Å²) in [5.74, 6) is -2.49. The van der Waals surface area contributed by atoms with E-state index in [0.29, 0.717) is 16.7 Å². The predicted octanol–water partition coefficient (Wildman–Crippen LogP) is 3.03. The minimum Gasteiger partial charge on any atom is -0.408 e. The van der Waals surface area contributed by atoms with E-state index in [0.717, 1.165) is 21.8 Å². The number of aryl methyl sites for hydroxylation is 1.